The van der Waals surface area contributed by atoms with Crippen LogP contribution >= 0.6 is 0 Å². The van der Waals surface area contributed by atoms with Crippen LogP contribution in [0.25, 0.3) is 99.7 Å². The van der Waals surface area contributed by atoms with E-state index in [1.54, 1.807) is 0 Å². The Labute approximate surface area is 311 Å². The van der Waals surface area contributed by atoms with Crippen LogP contribution in [0.15, 0.2) is 194 Å². The highest BCUT2D eigenvalue weighted by Crippen LogP contribution is 2.43. The monoisotopic (exact) mass is 688 g/mol. The van der Waals surface area contributed by atoms with Crippen molar-refractivity contribution < 1.29 is 0 Å². The van der Waals surface area contributed by atoms with E-state index in [2.05, 4.69) is 197 Å². The summed E-state index contributed by atoms with van der Waals surface area (Å²) in [7, 11) is 0. The van der Waals surface area contributed by atoms with Crippen LogP contribution in [0.1, 0.15) is 0 Å². The molecule has 11 rings (SSSR count). The lowest BCUT2D eigenvalue weighted by Crippen LogP contribution is -2.00. The highest BCUT2D eigenvalue weighted by Gasteiger charge is 2.22. The third-order valence-corrected chi connectivity index (χ3v) is 10.7. The van der Waals surface area contributed by atoms with Gasteiger partial charge in [-0.15, -0.1) is 0 Å². The van der Waals surface area contributed by atoms with Gasteiger partial charge in [0.1, 0.15) is 0 Å². The van der Waals surface area contributed by atoms with Gasteiger partial charge in [0.25, 0.3) is 0 Å². The topological polar surface area (TPSA) is 35.6 Å². The number of hydrogen-bond acceptors (Lipinski definition) is 2. The van der Waals surface area contributed by atoms with Crippen LogP contribution in [0.3, 0.4) is 0 Å². The van der Waals surface area contributed by atoms with Crippen LogP contribution in [0.2, 0.25) is 0 Å². The van der Waals surface area contributed by atoms with Crippen molar-refractivity contribution in [1.29, 1.82) is 0 Å². The van der Waals surface area contributed by atoms with E-state index in [0.717, 1.165) is 61.3 Å². The van der Waals surface area contributed by atoms with Gasteiger partial charge in [0.05, 0.1) is 33.3 Å². The van der Waals surface area contributed by atoms with Crippen LogP contribution in [0.5, 0.6) is 0 Å². The Morgan fingerprint density at radius 3 is 1.50 bits per heavy atom. The van der Waals surface area contributed by atoms with Crippen LogP contribution in [-0.4, -0.2) is 19.1 Å². The van der Waals surface area contributed by atoms with Crippen LogP contribution in [0, 0.1) is 0 Å². The first-order valence-corrected chi connectivity index (χ1v) is 18.3. The van der Waals surface area contributed by atoms with Gasteiger partial charge in [-0.05, 0) is 65.7 Å². The first-order valence-electron chi connectivity index (χ1n) is 18.3. The fourth-order valence-corrected chi connectivity index (χ4v) is 8.39. The van der Waals surface area contributed by atoms with Crippen molar-refractivity contribution in [2.45, 2.75) is 0 Å². The first-order chi connectivity index (χ1) is 26.8. The van der Waals surface area contributed by atoms with Crippen molar-refractivity contribution in [3.63, 3.8) is 0 Å². The molecule has 252 valence electrons. The van der Waals surface area contributed by atoms with E-state index >= 15 is 0 Å². The predicted molar refractivity (Wildman–Crippen MR) is 225 cm³/mol. The van der Waals surface area contributed by atoms with Crippen molar-refractivity contribution in [3.05, 3.63) is 194 Å². The largest absolute Gasteiger partial charge is 0.309 e. The average molecular weight is 689 g/mol. The van der Waals surface area contributed by atoms with Crippen molar-refractivity contribution in [2.24, 2.45) is 0 Å². The lowest BCUT2D eigenvalue weighted by atomic mass is 9.97. The van der Waals surface area contributed by atoms with E-state index in [0.29, 0.717) is 5.82 Å². The van der Waals surface area contributed by atoms with Gasteiger partial charge in [0.2, 0.25) is 0 Å². The molecular weight excluding hydrogens is 657 g/mol. The minimum Gasteiger partial charge on any atom is -0.309 e. The second-order valence-corrected chi connectivity index (χ2v) is 13.8. The molecule has 0 atom stereocenters. The molecule has 0 saturated carbocycles. The van der Waals surface area contributed by atoms with Gasteiger partial charge in [0.15, 0.2) is 5.82 Å². The predicted octanol–water partition coefficient (Wildman–Crippen LogP) is 12.8. The maximum absolute atomic E-state index is 5.36. The van der Waals surface area contributed by atoms with Crippen LogP contribution < -0.4 is 0 Å². The molecule has 0 amide bonds. The number of para-hydroxylation sites is 4. The molecule has 0 aliphatic heterocycles. The second-order valence-electron chi connectivity index (χ2n) is 13.8. The van der Waals surface area contributed by atoms with Gasteiger partial charge in [-0.1, -0.05) is 140 Å². The van der Waals surface area contributed by atoms with E-state index < -0.39 is 0 Å². The highest BCUT2D eigenvalue weighted by atomic mass is 15.0. The smallest absolute Gasteiger partial charge is 0.161 e. The molecule has 0 unspecified atom stereocenters. The van der Waals surface area contributed by atoms with Gasteiger partial charge in [0, 0.05) is 49.4 Å². The molecule has 3 aromatic heterocycles. The Hall–Kier alpha value is -7.30. The molecule has 0 aliphatic carbocycles. The minimum atomic E-state index is 0.697. The van der Waals surface area contributed by atoms with E-state index in [1.807, 2.05) is 6.07 Å². The fraction of sp³-hybridized carbons (Fsp3) is 0. The molecule has 0 saturated heterocycles. The molecule has 54 heavy (non-hydrogen) atoms. The van der Waals surface area contributed by atoms with Crippen LogP contribution in [0.4, 0.5) is 0 Å². The molecule has 0 radical (unpaired) electrons. The quantitative estimate of drug-likeness (QED) is 0.180. The summed E-state index contributed by atoms with van der Waals surface area (Å²) in [4.78, 5) is 10.6. The van der Waals surface area contributed by atoms with E-state index in [1.165, 1.54) is 32.6 Å². The van der Waals surface area contributed by atoms with Gasteiger partial charge in [-0.3, -0.25) is 0 Å². The third-order valence-electron chi connectivity index (χ3n) is 10.7. The maximum Gasteiger partial charge on any atom is 0.161 e. The zero-order valence-corrected chi connectivity index (χ0v) is 29.3. The summed E-state index contributed by atoms with van der Waals surface area (Å²) < 4.78 is 4.81. The molecule has 3 heterocycles. The van der Waals surface area contributed by atoms with Crippen molar-refractivity contribution in [2.75, 3.05) is 0 Å². The van der Waals surface area contributed by atoms with E-state index in [-0.39, 0.29) is 0 Å². The lowest BCUT2D eigenvalue weighted by molar-refractivity contribution is 1.17. The van der Waals surface area contributed by atoms with Gasteiger partial charge in [-0.25, -0.2) is 9.97 Å². The number of hydrogen-bond donors (Lipinski definition) is 0. The third kappa shape index (κ3) is 4.64. The molecular formula is C50H32N4. The summed E-state index contributed by atoms with van der Waals surface area (Å²) in [5.74, 6) is 0.697. The maximum atomic E-state index is 5.36. The Bertz CT molecular complexity index is 3200. The normalized spacial score (nSPS) is 11.7. The summed E-state index contributed by atoms with van der Waals surface area (Å²) in [6, 6.07) is 68.9. The first kappa shape index (κ1) is 30.3. The molecule has 4 heteroatoms. The van der Waals surface area contributed by atoms with Crippen LogP contribution in [-0.2, 0) is 0 Å². The Kier molecular flexibility index (Phi) is 6.82. The summed E-state index contributed by atoms with van der Waals surface area (Å²) in [6.45, 7) is 0. The molecule has 0 fully saturated rings. The second kappa shape index (κ2) is 12.1. The molecule has 0 aliphatic rings. The van der Waals surface area contributed by atoms with Crippen molar-refractivity contribution in [3.8, 4) is 45.1 Å². The Morgan fingerprint density at radius 1 is 0.333 bits per heavy atom. The van der Waals surface area contributed by atoms with Crippen molar-refractivity contribution >= 4 is 54.5 Å². The van der Waals surface area contributed by atoms with Gasteiger partial charge in [-0.2, -0.15) is 0 Å². The zero-order valence-electron chi connectivity index (χ0n) is 29.3. The van der Waals surface area contributed by atoms with E-state index in [4.69, 9.17) is 9.97 Å². The Balaban J connectivity index is 1.22. The number of rotatable bonds is 5. The molecule has 11 aromatic rings. The SMILES string of the molecule is c1ccc(-c2ccc(-n3c4ccccc4c4c5c6ccccc6n(-c6ccccc6)c5ccc43)cc2-c2nc(-c3ccccc3)c3ccccc3n2)cc1. The van der Waals surface area contributed by atoms with E-state index in [9.17, 15) is 0 Å². The standard InChI is InChI=1S/C50H32N4/c1-4-16-33(17-5-1)37-29-28-36(32-41(37)50-51-42-25-13-10-22-38(42)49(52-50)34-18-6-2-7-19-34)54-44-27-15-12-24-40(44)48-46(54)31-30-45-47(48)39-23-11-14-26-43(39)53(45)35-20-8-3-9-21-35/h1-32H. The summed E-state index contributed by atoms with van der Waals surface area (Å²) in [6.07, 6.45) is 0. The number of aromatic nitrogens is 4. The highest BCUT2D eigenvalue weighted by molar-refractivity contribution is 6.29. The van der Waals surface area contributed by atoms with Gasteiger partial charge < -0.3 is 9.13 Å². The zero-order chi connectivity index (χ0) is 35.6. The molecule has 0 N–H and O–H groups in total. The van der Waals surface area contributed by atoms with Gasteiger partial charge >= 0.3 is 0 Å². The molecule has 0 bridgehead atoms. The molecule has 4 nitrogen and oxygen atoms in total. The summed E-state index contributed by atoms with van der Waals surface area (Å²) in [5.41, 5.74) is 13.0. The molecule has 8 aromatic carbocycles. The number of fused-ring (bicyclic) bond motifs is 8. The lowest BCUT2D eigenvalue weighted by Gasteiger charge is -2.16. The Morgan fingerprint density at radius 2 is 0.852 bits per heavy atom. The van der Waals surface area contributed by atoms with Crippen molar-refractivity contribution in [1.82, 2.24) is 19.1 Å². The molecule has 0 spiro atoms. The number of benzene rings is 8. The summed E-state index contributed by atoms with van der Waals surface area (Å²) >= 11 is 0. The number of nitrogens with zero attached hydrogens (tertiary/aromatic N) is 4. The average Bonchev–Trinajstić information content (AvgIpc) is 3.77. The fourth-order valence-electron chi connectivity index (χ4n) is 8.39. The minimum absolute atomic E-state index is 0.697. The summed E-state index contributed by atoms with van der Waals surface area (Å²) in [5, 5.41) is 5.99.